The van der Waals surface area contributed by atoms with Gasteiger partial charge >= 0.3 is 18.0 Å². The van der Waals surface area contributed by atoms with Crippen molar-refractivity contribution < 1.29 is 26.5 Å². The molecule has 1 aliphatic carbocycles. The quantitative estimate of drug-likeness (QED) is 0.868. The first-order valence-electron chi connectivity index (χ1n) is 6.68. The fraction of sp³-hybridized carbons (Fsp3) is 0.833. The molecule has 4 nitrogen and oxygen atoms in total. The van der Waals surface area contributed by atoms with E-state index < -0.39 is 23.5 Å². The number of hydrogen-bond acceptors (Lipinski definition) is 4. The van der Waals surface area contributed by atoms with Crippen molar-refractivity contribution >= 4 is 0 Å². The third kappa shape index (κ3) is 2.88. The topological polar surface area (TPSA) is 64.9 Å². The third-order valence-electron chi connectivity index (χ3n) is 4.07. The first-order valence-corrected chi connectivity index (χ1v) is 6.68. The zero-order chi connectivity index (χ0) is 15.9. The van der Waals surface area contributed by atoms with E-state index in [-0.39, 0.29) is 5.82 Å². The van der Waals surface area contributed by atoms with Crippen molar-refractivity contribution in [2.75, 3.05) is 0 Å². The molecule has 1 fully saturated rings. The summed E-state index contributed by atoms with van der Waals surface area (Å²) in [5, 5.41) is 3.25. The fourth-order valence-electron chi connectivity index (χ4n) is 2.50. The van der Waals surface area contributed by atoms with E-state index in [0.717, 1.165) is 19.3 Å². The molecule has 0 aliphatic heterocycles. The smallest absolute Gasteiger partial charge is 0.332 e. The summed E-state index contributed by atoms with van der Waals surface area (Å²) in [6, 6.07) is 0. The van der Waals surface area contributed by atoms with Gasteiger partial charge < -0.3 is 10.3 Å². The Labute approximate surface area is 117 Å². The molecule has 1 aromatic rings. The van der Waals surface area contributed by atoms with Crippen LogP contribution in [0.25, 0.3) is 0 Å². The van der Waals surface area contributed by atoms with Crippen LogP contribution < -0.4 is 5.73 Å². The van der Waals surface area contributed by atoms with E-state index in [9.17, 15) is 22.0 Å². The maximum atomic E-state index is 13.1. The van der Waals surface area contributed by atoms with Gasteiger partial charge in [-0.2, -0.15) is 26.9 Å². The fourth-order valence-corrected chi connectivity index (χ4v) is 2.50. The number of hydrogen-bond donors (Lipinski definition) is 1. The highest BCUT2D eigenvalue weighted by Gasteiger charge is 2.63. The number of rotatable bonds is 3. The van der Waals surface area contributed by atoms with Crippen molar-refractivity contribution in [3.63, 3.8) is 0 Å². The average Bonchev–Trinajstić information content (AvgIpc) is 2.89. The van der Waals surface area contributed by atoms with E-state index >= 15 is 0 Å². The molecule has 0 atom stereocenters. The second kappa shape index (κ2) is 5.19. The van der Waals surface area contributed by atoms with Crippen LogP contribution in [0.3, 0.4) is 0 Å². The van der Waals surface area contributed by atoms with Gasteiger partial charge in [0.05, 0.1) is 5.54 Å². The number of alkyl halides is 5. The molecule has 0 spiro atoms. The molecule has 0 amide bonds. The summed E-state index contributed by atoms with van der Waals surface area (Å²) in [5.74, 6) is -6.73. The lowest BCUT2D eigenvalue weighted by atomic mass is 9.76. The Balaban J connectivity index is 2.21. The van der Waals surface area contributed by atoms with E-state index in [1.165, 1.54) is 0 Å². The molecule has 0 aromatic carbocycles. The van der Waals surface area contributed by atoms with Gasteiger partial charge in [-0.25, -0.2) is 0 Å². The minimum atomic E-state index is -5.78. The molecular formula is C12H16F5N3O. The molecule has 1 heterocycles. The standard InChI is InChI=1S/C12H16F5N3O/c1-2-7-3-5-10(18,6-4-7)8-19-9(21-20-8)11(13,14)12(15,16)17/h7H,2-6,18H2,1H3. The Bertz CT molecular complexity index is 491. The van der Waals surface area contributed by atoms with Crippen LogP contribution >= 0.6 is 0 Å². The number of nitrogens with two attached hydrogens (primary N) is 1. The van der Waals surface area contributed by atoms with E-state index in [2.05, 4.69) is 14.7 Å². The van der Waals surface area contributed by atoms with Gasteiger partial charge in [-0.05, 0) is 31.6 Å². The summed E-state index contributed by atoms with van der Waals surface area (Å²) in [4.78, 5) is 3.22. The maximum absolute atomic E-state index is 13.1. The average molecular weight is 313 g/mol. The Kier molecular flexibility index (Phi) is 3.98. The maximum Gasteiger partial charge on any atom is 0.463 e. The molecule has 21 heavy (non-hydrogen) atoms. The zero-order valence-electron chi connectivity index (χ0n) is 11.4. The molecule has 0 bridgehead atoms. The Morgan fingerprint density at radius 1 is 1.24 bits per heavy atom. The predicted molar refractivity (Wildman–Crippen MR) is 62.4 cm³/mol. The molecule has 2 rings (SSSR count). The van der Waals surface area contributed by atoms with E-state index in [0.29, 0.717) is 18.8 Å². The molecule has 0 saturated heterocycles. The van der Waals surface area contributed by atoms with Gasteiger partial charge in [-0.1, -0.05) is 18.5 Å². The van der Waals surface area contributed by atoms with Crippen LogP contribution in [0.4, 0.5) is 22.0 Å². The lowest BCUT2D eigenvalue weighted by Crippen LogP contribution is -2.41. The molecular weight excluding hydrogens is 297 g/mol. The van der Waals surface area contributed by atoms with E-state index in [4.69, 9.17) is 5.73 Å². The summed E-state index contributed by atoms with van der Waals surface area (Å²) in [6.45, 7) is 2.03. The normalized spacial score (nSPS) is 27.9. The zero-order valence-corrected chi connectivity index (χ0v) is 11.4. The highest BCUT2D eigenvalue weighted by Crippen LogP contribution is 2.44. The summed E-state index contributed by atoms with van der Waals surface area (Å²) in [6.07, 6.45) is -2.43. The number of aromatic nitrogens is 2. The van der Waals surface area contributed by atoms with Crippen LogP contribution in [-0.2, 0) is 11.5 Å². The monoisotopic (exact) mass is 313 g/mol. The molecule has 1 aromatic heterocycles. The van der Waals surface area contributed by atoms with Gasteiger partial charge in [0.25, 0.3) is 0 Å². The molecule has 9 heteroatoms. The van der Waals surface area contributed by atoms with Crippen LogP contribution in [0.5, 0.6) is 0 Å². The van der Waals surface area contributed by atoms with Crippen molar-refractivity contribution in [3.8, 4) is 0 Å². The summed E-state index contributed by atoms with van der Waals surface area (Å²) < 4.78 is 67.1. The van der Waals surface area contributed by atoms with Crippen LogP contribution in [0.1, 0.15) is 50.7 Å². The van der Waals surface area contributed by atoms with Gasteiger partial charge in [0, 0.05) is 0 Å². The minimum absolute atomic E-state index is 0.282. The van der Waals surface area contributed by atoms with Gasteiger partial charge in [-0.3, -0.25) is 0 Å². The first-order chi connectivity index (χ1) is 9.60. The summed E-state index contributed by atoms with van der Waals surface area (Å²) in [5.41, 5.74) is 4.95. The van der Waals surface area contributed by atoms with Gasteiger partial charge in [0.2, 0.25) is 0 Å². The third-order valence-corrected chi connectivity index (χ3v) is 4.07. The van der Waals surface area contributed by atoms with E-state index in [1.54, 1.807) is 0 Å². The summed E-state index contributed by atoms with van der Waals surface area (Å²) >= 11 is 0. The lowest BCUT2D eigenvalue weighted by Gasteiger charge is -2.34. The van der Waals surface area contributed by atoms with Gasteiger partial charge in [-0.15, -0.1) is 0 Å². The second-order valence-electron chi connectivity index (χ2n) is 5.50. The minimum Gasteiger partial charge on any atom is -0.332 e. The van der Waals surface area contributed by atoms with Gasteiger partial charge in [0.1, 0.15) is 0 Å². The highest BCUT2D eigenvalue weighted by molar-refractivity contribution is 5.08. The molecule has 1 aliphatic rings. The van der Waals surface area contributed by atoms with Crippen LogP contribution in [0.2, 0.25) is 0 Å². The van der Waals surface area contributed by atoms with Crippen molar-refractivity contribution in [1.82, 2.24) is 10.1 Å². The Morgan fingerprint density at radius 3 is 2.29 bits per heavy atom. The van der Waals surface area contributed by atoms with Gasteiger partial charge in [0.15, 0.2) is 5.82 Å². The van der Waals surface area contributed by atoms with Crippen LogP contribution in [-0.4, -0.2) is 16.3 Å². The molecule has 0 unspecified atom stereocenters. The van der Waals surface area contributed by atoms with Crippen molar-refractivity contribution in [1.29, 1.82) is 0 Å². The first kappa shape index (κ1) is 16.1. The highest BCUT2D eigenvalue weighted by atomic mass is 19.4. The lowest BCUT2D eigenvalue weighted by molar-refractivity contribution is -0.298. The van der Waals surface area contributed by atoms with Crippen LogP contribution in [0.15, 0.2) is 4.52 Å². The van der Waals surface area contributed by atoms with Crippen molar-refractivity contribution in [3.05, 3.63) is 11.7 Å². The van der Waals surface area contributed by atoms with E-state index in [1.807, 2.05) is 6.92 Å². The number of nitrogens with zero attached hydrogens (tertiary/aromatic N) is 2. The molecule has 1 saturated carbocycles. The Morgan fingerprint density at radius 2 is 1.81 bits per heavy atom. The SMILES string of the molecule is CCC1CCC(N)(c2noc(C(F)(F)C(F)(F)F)n2)CC1. The molecule has 120 valence electrons. The molecule has 2 N–H and O–H groups in total. The van der Waals surface area contributed by atoms with Crippen LogP contribution in [0, 0.1) is 5.92 Å². The van der Waals surface area contributed by atoms with Crippen molar-refractivity contribution in [2.24, 2.45) is 11.7 Å². The summed E-state index contributed by atoms with van der Waals surface area (Å²) in [7, 11) is 0. The predicted octanol–water partition coefficient (Wildman–Crippen LogP) is 3.48. The molecule has 0 radical (unpaired) electrons. The number of halogens is 5. The largest absolute Gasteiger partial charge is 0.463 e. The Hall–Kier alpha value is -1.25. The second-order valence-corrected chi connectivity index (χ2v) is 5.50. The van der Waals surface area contributed by atoms with Crippen molar-refractivity contribution in [2.45, 2.75) is 56.7 Å².